The zero-order valence-electron chi connectivity index (χ0n) is 14.6. The van der Waals surface area contributed by atoms with Crippen molar-refractivity contribution in [1.29, 1.82) is 0 Å². The molecule has 0 unspecified atom stereocenters. The monoisotopic (exact) mass is 331 g/mol. The molecule has 24 heavy (non-hydrogen) atoms. The summed E-state index contributed by atoms with van der Waals surface area (Å²) in [4.78, 5) is 0. The number of benzene rings is 1. The molecule has 1 aromatic rings. The Balaban J connectivity index is 1.42. The average molecular weight is 331 g/mol. The Morgan fingerprint density at radius 1 is 1.08 bits per heavy atom. The van der Waals surface area contributed by atoms with E-state index in [0.717, 1.165) is 30.0 Å². The lowest BCUT2D eigenvalue weighted by Crippen LogP contribution is -2.58. The number of rotatable bonds is 7. The predicted molar refractivity (Wildman–Crippen MR) is 93.3 cm³/mol. The maximum Gasteiger partial charge on any atom is 0.161 e. The van der Waals surface area contributed by atoms with Gasteiger partial charge in [0.1, 0.15) is 6.61 Å². The maximum absolute atomic E-state index is 8.91. The number of hydrogen-bond donors (Lipinski definition) is 2. The normalized spacial score (nSPS) is 33.7. The largest absolute Gasteiger partial charge is 0.493 e. The van der Waals surface area contributed by atoms with Crippen LogP contribution in [0.25, 0.3) is 0 Å². The molecular weight excluding hydrogens is 302 g/mol. The Kier molecular flexibility index (Phi) is 4.44. The second-order valence-electron chi connectivity index (χ2n) is 8.11. The molecule has 4 aliphatic carbocycles. The quantitative estimate of drug-likeness (QED) is 0.806. The summed E-state index contributed by atoms with van der Waals surface area (Å²) in [6, 6.07) is 6.11. The summed E-state index contributed by atoms with van der Waals surface area (Å²) in [6.07, 6.45) is 8.54. The molecule has 4 fully saturated rings. The highest BCUT2D eigenvalue weighted by Crippen LogP contribution is 2.55. The fourth-order valence-corrected chi connectivity index (χ4v) is 5.71. The SMILES string of the molecule is COc1cc(CNC23CC4CC(CC(C4)C2)C3)ccc1OCCO. The van der Waals surface area contributed by atoms with Gasteiger partial charge in [-0.25, -0.2) is 0 Å². The number of hydrogen-bond acceptors (Lipinski definition) is 4. The van der Waals surface area contributed by atoms with Crippen molar-refractivity contribution < 1.29 is 14.6 Å². The van der Waals surface area contributed by atoms with Crippen LogP contribution in [0.3, 0.4) is 0 Å². The Labute approximate surface area is 144 Å². The van der Waals surface area contributed by atoms with Gasteiger partial charge in [0, 0.05) is 12.1 Å². The Bertz CT molecular complexity index is 551. The van der Waals surface area contributed by atoms with Gasteiger partial charge in [-0.05, 0) is 74.0 Å². The van der Waals surface area contributed by atoms with Crippen LogP contribution in [0.4, 0.5) is 0 Å². The van der Waals surface area contributed by atoms with Crippen molar-refractivity contribution in [3.05, 3.63) is 23.8 Å². The summed E-state index contributed by atoms with van der Waals surface area (Å²) >= 11 is 0. The first-order chi connectivity index (χ1) is 11.7. The number of ether oxygens (including phenoxy) is 2. The van der Waals surface area contributed by atoms with E-state index in [1.807, 2.05) is 6.07 Å². The minimum absolute atomic E-state index is 0.0124. The predicted octanol–water partition coefficient (Wildman–Crippen LogP) is 3.12. The minimum atomic E-state index is 0.0124. The van der Waals surface area contributed by atoms with E-state index in [-0.39, 0.29) is 6.61 Å². The molecule has 132 valence electrons. The lowest BCUT2D eigenvalue weighted by atomic mass is 9.53. The molecule has 0 aliphatic heterocycles. The van der Waals surface area contributed by atoms with Crippen LogP contribution in [0.1, 0.15) is 44.1 Å². The smallest absolute Gasteiger partial charge is 0.161 e. The highest BCUT2D eigenvalue weighted by molar-refractivity contribution is 5.43. The van der Waals surface area contributed by atoms with Crippen LogP contribution in [0, 0.1) is 17.8 Å². The van der Waals surface area contributed by atoms with E-state index in [0.29, 0.717) is 17.9 Å². The molecule has 4 aliphatic rings. The molecule has 0 amide bonds. The van der Waals surface area contributed by atoms with Crippen molar-refractivity contribution in [2.24, 2.45) is 17.8 Å². The van der Waals surface area contributed by atoms with Gasteiger partial charge in [0.05, 0.1) is 13.7 Å². The van der Waals surface area contributed by atoms with E-state index in [1.165, 1.54) is 44.1 Å². The fourth-order valence-electron chi connectivity index (χ4n) is 5.71. The molecule has 4 bridgehead atoms. The summed E-state index contributed by atoms with van der Waals surface area (Å²) < 4.78 is 11.0. The van der Waals surface area contributed by atoms with E-state index >= 15 is 0 Å². The van der Waals surface area contributed by atoms with Crippen LogP contribution in [-0.4, -0.2) is 31.0 Å². The third-order valence-electron chi connectivity index (χ3n) is 6.28. The number of nitrogens with one attached hydrogen (secondary N) is 1. The van der Waals surface area contributed by atoms with Crippen LogP contribution in [0.2, 0.25) is 0 Å². The van der Waals surface area contributed by atoms with Crippen LogP contribution in [0.15, 0.2) is 18.2 Å². The molecular formula is C20H29NO3. The lowest BCUT2D eigenvalue weighted by Gasteiger charge is -2.57. The van der Waals surface area contributed by atoms with E-state index < -0.39 is 0 Å². The van der Waals surface area contributed by atoms with Crippen LogP contribution < -0.4 is 14.8 Å². The van der Waals surface area contributed by atoms with E-state index in [2.05, 4.69) is 17.4 Å². The van der Waals surface area contributed by atoms with Crippen molar-refractivity contribution in [2.75, 3.05) is 20.3 Å². The summed E-state index contributed by atoms with van der Waals surface area (Å²) in [6.45, 7) is 1.20. The number of aliphatic hydroxyl groups is 1. The highest BCUT2D eigenvalue weighted by atomic mass is 16.5. The molecule has 0 radical (unpaired) electrons. The van der Waals surface area contributed by atoms with Gasteiger partial charge in [-0.15, -0.1) is 0 Å². The second kappa shape index (κ2) is 6.57. The molecule has 0 aromatic heterocycles. The molecule has 4 saturated carbocycles. The van der Waals surface area contributed by atoms with Gasteiger partial charge in [0.25, 0.3) is 0 Å². The topological polar surface area (TPSA) is 50.7 Å². The molecule has 0 atom stereocenters. The zero-order valence-corrected chi connectivity index (χ0v) is 14.6. The summed E-state index contributed by atoms with van der Waals surface area (Å²) in [5, 5.41) is 12.8. The van der Waals surface area contributed by atoms with Crippen LogP contribution in [0.5, 0.6) is 11.5 Å². The molecule has 0 saturated heterocycles. The van der Waals surface area contributed by atoms with Gasteiger partial charge < -0.3 is 19.9 Å². The maximum atomic E-state index is 8.91. The number of aliphatic hydroxyl groups excluding tert-OH is 1. The first-order valence-electron chi connectivity index (χ1n) is 9.35. The van der Waals surface area contributed by atoms with E-state index in [1.54, 1.807) is 7.11 Å². The first-order valence-corrected chi connectivity index (χ1v) is 9.35. The van der Waals surface area contributed by atoms with Crippen LogP contribution in [-0.2, 0) is 6.54 Å². The molecule has 2 N–H and O–H groups in total. The van der Waals surface area contributed by atoms with Crippen molar-refractivity contribution in [2.45, 2.75) is 50.6 Å². The second-order valence-corrected chi connectivity index (χ2v) is 8.11. The van der Waals surface area contributed by atoms with Gasteiger partial charge >= 0.3 is 0 Å². The molecule has 5 rings (SSSR count). The van der Waals surface area contributed by atoms with Gasteiger partial charge in [0.15, 0.2) is 11.5 Å². The Hall–Kier alpha value is -1.26. The highest BCUT2D eigenvalue weighted by Gasteiger charge is 2.50. The molecule has 4 nitrogen and oxygen atoms in total. The van der Waals surface area contributed by atoms with Crippen molar-refractivity contribution in [1.82, 2.24) is 5.32 Å². The molecule has 0 heterocycles. The van der Waals surface area contributed by atoms with Crippen molar-refractivity contribution in [3.8, 4) is 11.5 Å². The summed E-state index contributed by atoms with van der Waals surface area (Å²) in [5.74, 6) is 4.34. The third kappa shape index (κ3) is 3.14. The molecule has 1 aromatic carbocycles. The fraction of sp³-hybridized carbons (Fsp3) is 0.700. The molecule has 4 heteroatoms. The Morgan fingerprint density at radius 3 is 2.33 bits per heavy atom. The standard InChI is InChI=1S/C20H29NO3/c1-23-19-9-14(2-3-18(19)24-5-4-22)13-21-20-10-15-6-16(11-20)8-17(7-15)12-20/h2-3,9,15-17,21-22H,4-8,10-13H2,1H3. The van der Waals surface area contributed by atoms with Gasteiger partial charge in [-0.2, -0.15) is 0 Å². The zero-order chi connectivity index (χ0) is 16.6. The molecule has 0 spiro atoms. The minimum Gasteiger partial charge on any atom is -0.493 e. The first kappa shape index (κ1) is 16.2. The average Bonchev–Trinajstić information content (AvgIpc) is 2.57. The van der Waals surface area contributed by atoms with Crippen LogP contribution >= 0.6 is 0 Å². The lowest BCUT2D eigenvalue weighted by molar-refractivity contribution is -0.0206. The third-order valence-corrected chi connectivity index (χ3v) is 6.28. The van der Waals surface area contributed by atoms with Crippen molar-refractivity contribution in [3.63, 3.8) is 0 Å². The number of methoxy groups -OCH3 is 1. The summed E-state index contributed by atoms with van der Waals surface area (Å²) in [5.41, 5.74) is 1.62. The van der Waals surface area contributed by atoms with E-state index in [4.69, 9.17) is 14.6 Å². The van der Waals surface area contributed by atoms with E-state index in [9.17, 15) is 0 Å². The van der Waals surface area contributed by atoms with Crippen molar-refractivity contribution >= 4 is 0 Å². The van der Waals surface area contributed by atoms with Gasteiger partial charge in [-0.3, -0.25) is 0 Å². The summed E-state index contributed by atoms with van der Waals surface area (Å²) in [7, 11) is 1.66. The van der Waals surface area contributed by atoms with Gasteiger partial charge in [0.2, 0.25) is 0 Å². The Morgan fingerprint density at radius 2 is 1.75 bits per heavy atom. The van der Waals surface area contributed by atoms with Gasteiger partial charge in [-0.1, -0.05) is 6.07 Å².